The molecule has 1 heterocycles. The summed E-state index contributed by atoms with van der Waals surface area (Å²) in [5.74, 6) is -1.53. The number of rotatable bonds is 6. The van der Waals surface area contributed by atoms with Crippen molar-refractivity contribution in [1.29, 1.82) is 0 Å². The van der Waals surface area contributed by atoms with Crippen LogP contribution in [0, 0.1) is 0 Å². The van der Waals surface area contributed by atoms with Gasteiger partial charge >= 0.3 is 11.9 Å². The Balaban J connectivity index is 1.67. The van der Waals surface area contributed by atoms with E-state index in [9.17, 15) is 14.4 Å². The second-order valence-corrected chi connectivity index (χ2v) is 7.85. The fraction of sp³-hybridized carbons (Fsp3) is 0.316. The summed E-state index contributed by atoms with van der Waals surface area (Å²) in [5, 5.41) is 3.15. The lowest BCUT2D eigenvalue weighted by Gasteiger charge is -2.09. The summed E-state index contributed by atoms with van der Waals surface area (Å²) in [6, 6.07) is 6.81. The highest BCUT2D eigenvalue weighted by atomic mass is 79.9. The maximum Gasteiger partial charge on any atom is 0.341 e. The molecule has 0 spiro atoms. The minimum atomic E-state index is -0.600. The number of amides is 1. The summed E-state index contributed by atoms with van der Waals surface area (Å²) in [7, 11) is 0. The molecule has 0 bridgehead atoms. The number of thiophene rings is 1. The quantitative estimate of drug-likeness (QED) is 0.671. The molecule has 0 saturated heterocycles. The van der Waals surface area contributed by atoms with Crippen LogP contribution in [0.1, 0.15) is 44.5 Å². The van der Waals surface area contributed by atoms with Crippen LogP contribution in [-0.2, 0) is 27.1 Å². The number of aryl methyl sites for hydroxylation is 1. The number of carbonyl (C=O) groups excluding carboxylic acids is 3. The molecule has 0 saturated carbocycles. The molecule has 1 aromatic heterocycles. The van der Waals surface area contributed by atoms with Gasteiger partial charge in [-0.2, -0.15) is 0 Å². The molecular weight excluding hydrogens is 434 g/mol. The predicted molar refractivity (Wildman–Crippen MR) is 105 cm³/mol. The Morgan fingerprint density at radius 3 is 2.67 bits per heavy atom. The van der Waals surface area contributed by atoms with E-state index < -0.39 is 24.5 Å². The number of halogens is 1. The summed E-state index contributed by atoms with van der Waals surface area (Å²) < 4.78 is 10.8. The summed E-state index contributed by atoms with van der Waals surface area (Å²) in [5.41, 5.74) is 1.73. The SMILES string of the molecule is CCOC(=O)c1c(NC(=O)COC(=O)c2ccccc2Br)sc2c1CCC2. The first-order valence-electron chi connectivity index (χ1n) is 8.54. The molecule has 0 atom stereocenters. The van der Waals surface area contributed by atoms with Gasteiger partial charge in [0.15, 0.2) is 6.61 Å². The van der Waals surface area contributed by atoms with Crippen molar-refractivity contribution in [3.8, 4) is 0 Å². The van der Waals surface area contributed by atoms with E-state index in [1.54, 1.807) is 31.2 Å². The van der Waals surface area contributed by atoms with E-state index in [2.05, 4.69) is 21.2 Å². The average molecular weight is 452 g/mol. The fourth-order valence-corrected chi connectivity index (χ4v) is 4.65. The molecule has 6 nitrogen and oxygen atoms in total. The second-order valence-electron chi connectivity index (χ2n) is 5.89. The predicted octanol–water partition coefficient (Wildman–Crippen LogP) is 3.97. The van der Waals surface area contributed by atoms with Gasteiger partial charge in [-0.15, -0.1) is 11.3 Å². The molecule has 0 aliphatic heterocycles. The first kappa shape index (κ1) is 19.6. The molecule has 0 radical (unpaired) electrons. The van der Waals surface area contributed by atoms with Crippen molar-refractivity contribution in [3.63, 3.8) is 0 Å². The van der Waals surface area contributed by atoms with Crippen molar-refractivity contribution >= 4 is 50.1 Å². The van der Waals surface area contributed by atoms with Crippen LogP contribution in [0.15, 0.2) is 28.7 Å². The van der Waals surface area contributed by atoms with Crippen molar-refractivity contribution in [2.24, 2.45) is 0 Å². The first-order chi connectivity index (χ1) is 13.0. The van der Waals surface area contributed by atoms with Crippen molar-refractivity contribution in [3.05, 3.63) is 50.3 Å². The van der Waals surface area contributed by atoms with E-state index in [0.29, 0.717) is 20.6 Å². The van der Waals surface area contributed by atoms with E-state index in [0.717, 1.165) is 29.7 Å². The van der Waals surface area contributed by atoms with Crippen molar-refractivity contribution < 1.29 is 23.9 Å². The van der Waals surface area contributed by atoms with Gasteiger partial charge in [-0.3, -0.25) is 4.79 Å². The van der Waals surface area contributed by atoms with E-state index in [-0.39, 0.29) is 6.61 Å². The Morgan fingerprint density at radius 1 is 1.15 bits per heavy atom. The lowest BCUT2D eigenvalue weighted by molar-refractivity contribution is -0.119. The number of esters is 2. The minimum absolute atomic E-state index is 0.264. The van der Waals surface area contributed by atoms with Crippen LogP contribution in [0.25, 0.3) is 0 Å². The zero-order valence-corrected chi connectivity index (χ0v) is 17.1. The Kier molecular flexibility index (Phi) is 6.28. The molecule has 1 aliphatic carbocycles. The third kappa shape index (κ3) is 4.39. The number of hydrogen-bond acceptors (Lipinski definition) is 6. The van der Waals surface area contributed by atoms with Gasteiger partial charge in [-0.1, -0.05) is 12.1 Å². The smallest absolute Gasteiger partial charge is 0.341 e. The van der Waals surface area contributed by atoms with Gasteiger partial charge < -0.3 is 14.8 Å². The van der Waals surface area contributed by atoms with Gasteiger partial charge in [0.25, 0.3) is 5.91 Å². The van der Waals surface area contributed by atoms with Crippen LogP contribution >= 0.6 is 27.3 Å². The summed E-state index contributed by atoms with van der Waals surface area (Å²) in [6.07, 6.45) is 2.68. The Morgan fingerprint density at radius 2 is 1.93 bits per heavy atom. The lowest BCUT2D eigenvalue weighted by atomic mass is 10.1. The number of hydrogen-bond donors (Lipinski definition) is 1. The maximum atomic E-state index is 12.3. The first-order valence-corrected chi connectivity index (χ1v) is 10.1. The molecule has 0 unspecified atom stereocenters. The van der Waals surface area contributed by atoms with E-state index in [4.69, 9.17) is 9.47 Å². The highest BCUT2D eigenvalue weighted by Crippen LogP contribution is 2.39. The molecule has 3 rings (SSSR count). The van der Waals surface area contributed by atoms with Crippen LogP contribution < -0.4 is 5.32 Å². The van der Waals surface area contributed by atoms with E-state index in [1.807, 2.05) is 0 Å². The van der Waals surface area contributed by atoms with Gasteiger partial charge in [0, 0.05) is 9.35 Å². The Bertz CT molecular complexity index is 892. The topological polar surface area (TPSA) is 81.7 Å². The number of carbonyl (C=O) groups is 3. The number of fused-ring (bicyclic) bond motifs is 1. The van der Waals surface area contributed by atoms with Crippen LogP contribution in [0.5, 0.6) is 0 Å². The fourth-order valence-electron chi connectivity index (χ4n) is 2.91. The highest BCUT2D eigenvalue weighted by molar-refractivity contribution is 9.10. The number of benzene rings is 1. The zero-order valence-electron chi connectivity index (χ0n) is 14.7. The van der Waals surface area contributed by atoms with E-state index >= 15 is 0 Å². The zero-order chi connectivity index (χ0) is 19.4. The molecule has 0 fully saturated rings. The van der Waals surface area contributed by atoms with Crippen LogP contribution in [0.4, 0.5) is 5.00 Å². The minimum Gasteiger partial charge on any atom is -0.462 e. The molecular formula is C19H18BrNO5S. The lowest BCUT2D eigenvalue weighted by Crippen LogP contribution is -2.22. The third-order valence-corrected chi connectivity index (χ3v) is 5.98. The Hall–Kier alpha value is -2.19. The molecule has 1 N–H and O–H groups in total. The monoisotopic (exact) mass is 451 g/mol. The third-order valence-electron chi connectivity index (χ3n) is 4.08. The second kappa shape index (κ2) is 8.67. The van der Waals surface area contributed by atoms with Crippen molar-refractivity contribution in [2.45, 2.75) is 26.2 Å². The van der Waals surface area contributed by atoms with Crippen molar-refractivity contribution in [1.82, 2.24) is 0 Å². The molecule has 1 aromatic carbocycles. The van der Waals surface area contributed by atoms with Crippen LogP contribution in [0.2, 0.25) is 0 Å². The van der Waals surface area contributed by atoms with Crippen molar-refractivity contribution in [2.75, 3.05) is 18.5 Å². The molecule has 1 amide bonds. The van der Waals surface area contributed by atoms with Crippen LogP contribution in [0.3, 0.4) is 0 Å². The molecule has 27 heavy (non-hydrogen) atoms. The van der Waals surface area contributed by atoms with Gasteiger partial charge in [0.2, 0.25) is 0 Å². The van der Waals surface area contributed by atoms with Gasteiger partial charge in [0.05, 0.1) is 17.7 Å². The summed E-state index contributed by atoms with van der Waals surface area (Å²) >= 11 is 4.66. The normalized spacial score (nSPS) is 12.4. The highest BCUT2D eigenvalue weighted by Gasteiger charge is 2.28. The van der Waals surface area contributed by atoms with Gasteiger partial charge in [-0.25, -0.2) is 9.59 Å². The number of anilines is 1. The molecule has 1 aliphatic rings. The van der Waals surface area contributed by atoms with E-state index in [1.165, 1.54) is 11.3 Å². The molecule has 2 aromatic rings. The Labute approximate surface area is 169 Å². The maximum absolute atomic E-state index is 12.3. The molecule has 142 valence electrons. The summed E-state index contributed by atoms with van der Waals surface area (Å²) in [4.78, 5) is 37.7. The van der Waals surface area contributed by atoms with Gasteiger partial charge in [-0.05, 0) is 59.8 Å². The average Bonchev–Trinajstić information content (AvgIpc) is 3.20. The summed E-state index contributed by atoms with van der Waals surface area (Å²) in [6.45, 7) is 1.56. The largest absolute Gasteiger partial charge is 0.462 e. The number of ether oxygens (including phenoxy) is 2. The molecule has 8 heteroatoms. The van der Waals surface area contributed by atoms with Crippen LogP contribution in [-0.4, -0.2) is 31.1 Å². The van der Waals surface area contributed by atoms with Gasteiger partial charge in [0.1, 0.15) is 5.00 Å². The number of nitrogens with one attached hydrogen (secondary N) is 1. The standard InChI is InChI=1S/C19H18BrNO5S/c1-2-25-19(24)16-12-7-5-9-14(12)27-17(16)21-15(22)10-26-18(23)11-6-3-4-8-13(11)20/h3-4,6,8H,2,5,7,9-10H2,1H3,(H,21,22).